The number of likely N-dealkylation sites (N-methyl/N-ethyl adjacent to an activating group) is 1. The van der Waals surface area contributed by atoms with Gasteiger partial charge < -0.3 is 15.5 Å². The molecule has 1 saturated heterocycles. The molecule has 20 heavy (non-hydrogen) atoms. The Balaban J connectivity index is 2.59. The molecule has 1 heterocycles. The van der Waals surface area contributed by atoms with Gasteiger partial charge in [0.05, 0.1) is 6.54 Å². The van der Waals surface area contributed by atoms with Gasteiger partial charge >= 0.3 is 0 Å². The molecule has 5 nitrogen and oxygen atoms in total. The molecule has 0 radical (unpaired) electrons. The summed E-state index contributed by atoms with van der Waals surface area (Å²) in [5, 5.41) is 6.17. The molecule has 0 aliphatic carbocycles. The van der Waals surface area contributed by atoms with Crippen molar-refractivity contribution in [2.24, 2.45) is 11.3 Å². The zero-order valence-corrected chi connectivity index (χ0v) is 13.5. The van der Waals surface area contributed by atoms with Crippen LogP contribution in [0.3, 0.4) is 0 Å². The van der Waals surface area contributed by atoms with Crippen LogP contribution in [0.25, 0.3) is 0 Å². The first kappa shape index (κ1) is 17.0. The third-order valence-corrected chi connectivity index (χ3v) is 4.05. The van der Waals surface area contributed by atoms with Crippen molar-refractivity contribution in [3.63, 3.8) is 0 Å². The Labute approximate surface area is 122 Å². The highest BCUT2D eigenvalue weighted by Crippen LogP contribution is 2.33. The molecule has 2 N–H and O–H groups in total. The molecule has 1 aliphatic rings. The van der Waals surface area contributed by atoms with Crippen molar-refractivity contribution in [2.75, 3.05) is 26.7 Å². The Morgan fingerprint density at radius 2 is 2.05 bits per heavy atom. The van der Waals surface area contributed by atoms with Crippen molar-refractivity contribution < 1.29 is 9.59 Å². The zero-order chi connectivity index (χ0) is 15.3. The number of nitrogens with zero attached hydrogens (tertiary/aromatic N) is 1. The van der Waals surface area contributed by atoms with E-state index in [0.717, 1.165) is 25.9 Å². The van der Waals surface area contributed by atoms with Crippen molar-refractivity contribution in [1.29, 1.82) is 0 Å². The molecule has 5 heteroatoms. The molecular formula is C15H29N3O2. The van der Waals surface area contributed by atoms with Crippen molar-refractivity contribution in [3.8, 4) is 0 Å². The van der Waals surface area contributed by atoms with Crippen LogP contribution in [-0.2, 0) is 9.59 Å². The number of carbonyl (C=O) groups is 2. The standard InChI is InChI=1S/C15H29N3O2/c1-11(2)17-13(19)10-18(5)14(20)15(3,4)12-7-6-8-16-9-12/h11-12,16H,6-10H2,1-5H3,(H,17,19). The fourth-order valence-corrected chi connectivity index (χ4v) is 2.79. The van der Waals surface area contributed by atoms with E-state index >= 15 is 0 Å². The van der Waals surface area contributed by atoms with Gasteiger partial charge in [-0.05, 0) is 45.7 Å². The summed E-state index contributed by atoms with van der Waals surface area (Å²) < 4.78 is 0. The molecule has 0 aromatic carbocycles. The summed E-state index contributed by atoms with van der Waals surface area (Å²) in [5.74, 6) is 0.276. The first-order valence-electron chi connectivity index (χ1n) is 7.50. The van der Waals surface area contributed by atoms with E-state index in [1.165, 1.54) is 0 Å². The molecule has 1 unspecified atom stereocenters. The quantitative estimate of drug-likeness (QED) is 0.791. The first-order chi connectivity index (χ1) is 9.25. The molecule has 2 amide bonds. The maximum atomic E-state index is 12.6. The summed E-state index contributed by atoms with van der Waals surface area (Å²) in [6.07, 6.45) is 2.18. The van der Waals surface area contributed by atoms with Gasteiger partial charge in [0.15, 0.2) is 0 Å². The van der Waals surface area contributed by atoms with Crippen molar-refractivity contribution in [3.05, 3.63) is 0 Å². The third-order valence-electron chi connectivity index (χ3n) is 4.05. The minimum Gasteiger partial charge on any atom is -0.352 e. The van der Waals surface area contributed by atoms with Gasteiger partial charge in [0, 0.05) is 18.5 Å². The predicted molar refractivity (Wildman–Crippen MR) is 80.3 cm³/mol. The van der Waals surface area contributed by atoms with Crippen LogP contribution in [0.5, 0.6) is 0 Å². The largest absolute Gasteiger partial charge is 0.352 e. The number of hydrogen-bond acceptors (Lipinski definition) is 3. The number of nitrogens with one attached hydrogen (secondary N) is 2. The van der Waals surface area contributed by atoms with Crippen LogP contribution in [0.4, 0.5) is 0 Å². The molecule has 1 fully saturated rings. The second-order valence-electron chi connectivity index (χ2n) is 6.65. The maximum Gasteiger partial charge on any atom is 0.239 e. The summed E-state index contributed by atoms with van der Waals surface area (Å²) in [7, 11) is 1.71. The minimum atomic E-state index is -0.430. The first-order valence-corrected chi connectivity index (χ1v) is 7.50. The Morgan fingerprint density at radius 1 is 1.40 bits per heavy atom. The van der Waals surface area contributed by atoms with E-state index in [4.69, 9.17) is 0 Å². The average molecular weight is 283 g/mol. The van der Waals surface area contributed by atoms with E-state index in [2.05, 4.69) is 10.6 Å². The Kier molecular flexibility index (Phi) is 5.99. The number of piperidine rings is 1. The number of carbonyl (C=O) groups excluding carboxylic acids is 2. The molecule has 1 atom stereocenters. The molecule has 0 spiro atoms. The van der Waals surface area contributed by atoms with Gasteiger partial charge in [-0.1, -0.05) is 13.8 Å². The van der Waals surface area contributed by atoms with E-state index < -0.39 is 5.41 Å². The highest BCUT2D eigenvalue weighted by molar-refractivity contribution is 5.87. The Hall–Kier alpha value is -1.10. The summed E-state index contributed by atoms with van der Waals surface area (Å²) >= 11 is 0. The van der Waals surface area contributed by atoms with Gasteiger partial charge in [0.2, 0.25) is 11.8 Å². The molecule has 1 aliphatic heterocycles. The van der Waals surface area contributed by atoms with Gasteiger partial charge in [-0.3, -0.25) is 9.59 Å². The third kappa shape index (κ3) is 4.47. The minimum absolute atomic E-state index is 0.0464. The number of amides is 2. The van der Waals surface area contributed by atoms with Crippen molar-refractivity contribution in [2.45, 2.75) is 46.6 Å². The molecule has 0 aromatic heterocycles. The smallest absolute Gasteiger partial charge is 0.239 e. The van der Waals surface area contributed by atoms with E-state index in [-0.39, 0.29) is 24.4 Å². The Bertz CT molecular complexity index is 347. The summed E-state index contributed by atoms with van der Waals surface area (Å²) in [4.78, 5) is 25.9. The lowest BCUT2D eigenvalue weighted by Gasteiger charge is -2.38. The van der Waals surface area contributed by atoms with Crippen LogP contribution >= 0.6 is 0 Å². The molecule has 0 aromatic rings. The second kappa shape index (κ2) is 7.07. The van der Waals surface area contributed by atoms with E-state index in [0.29, 0.717) is 5.92 Å². The van der Waals surface area contributed by atoms with Gasteiger partial charge in [0.25, 0.3) is 0 Å². The van der Waals surface area contributed by atoms with Crippen molar-refractivity contribution in [1.82, 2.24) is 15.5 Å². The molecule has 116 valence electrons. The highest BCUT2D eigenvalue weighted by atomic mass is 16.2. The fourth-order valence-electron chi connectivity index (χ4n) is 2.79. The van der Waals surface area contributed by atoms with E-state index in [9.17, 15) is 9.59 Å². The highest BCUT2D eigenvalue weighted by Gasteiger charge is 2.39. The van der Waals surface area contributed by atoms with Gasteiger partial charge in [-0.25, -0.2) is 0 Å². The second-order valence-corrected chi connectivity index (χ2v) is 6.65. The summed E-state index contributed by atoms with van der Waals surface area (Å²) in [6, 6.07) is 0.0987. The normalized spacial score (nSPS) is 19.8. The summed E-state index contributed by atoms with van der Waals surface area (Å²) in [6.45, 7) is 9.85. The van der Waals surface area contributed by atoms with E-state index in [1.807, 2.05) is 27.7 Å². The number of hydrogen-bond donors (Lipinski definition) is 2. The van der Waals surface area contributed by atoms with Crippen LogP contribution in [0.2, 0.25) is 0 Å². The van der Waals surface area contributed by atoms with Crippen LogP contribution < -0.4 is 10.6 Å². The van der Waals surface area contributed by atoms with Gasteiger partial charge in [0.1, 0.15) is 0 Å². The zero-order valence-electron chi connectivity index (χ0n) is 13.5. The molecule has 1 rings (SSSR count). The maximum absolute atomic E-state index is 12.6. The SMILES string of the molecule is CC(C)NC(=O)CN(C)C(=O)C(C)(C)C1CCCNC1. The van der Waals surface area contributed by atoms with Crippen LogP contribution in [-0.4, -0.2) is 49.4 Å². The van der Waals surface area contributed by atoms with Crippen LogP contribution in [0, 0.1) is 11.3 Å². The fraction of sp³-hybridized carbons (Fsp3) is 0.867. The van der Waals surface area contributed by atoms with Gasteiger partial charge in [-0.15, -0.1) is 0 Å². The van der Waals surface area contributed by atoms with Crippen LogP contribution in [0.1, 0.15) is 40.5 Å². The monoisotopic (exact) mass is 283 g/mol. The molecular weight excluding hydrogens is 254 g/mol. The van der Waals surface area contributed by atoms with Gasteiger partial charge in [-0.2, -0.15) is 0 Å². The predicted octanol–water partition coefficient (Wildman–Crippen LogP) is 0.995. The number of rotatable bonds is 5. The topological polar surface area (TPSA) is 61.4 Å². The Morgan fingerprint density at radius 3 is 2.55 bits per heavy atom. The van der Waals surface area contributed by atoms with Crippen LogP contribution in [0.15, 0.2) is 0 Å². The lowest BCUT2D eigenvalue weighted by molar-refractivity contribution is -0.145. The lowest BCUT2D eigenvalue weighted by atomic mass is 9.74. The lowest BCUT2D eigenvalue weighted by Crippen LogP contribution is -2.50. The van der Waals surface area contributed by atoms with Crippen molar-refractivity contribution >= 4 is 11.8 Å². The molecule has 0 bridgehead atoms. The van der Waals surface area contributed by atoms with E-state index in [1.54, 1.807) is 11.9 Å². The molecule has 0 saturated carbocycles. The summed E-state index contributed by atoms with van der Waals surface area (Å²) in [5.41, 5.74) is -0.430. The average Bonchev–Trinajstić information content (AvgIpc) is 2.37.